The van der Waals surface area contributed by atoms with E-state index in [1.807, 2.05) is 62.4 Å². The Bertz CT molecular complexity index is 841. The van der Waals surface area contributed by atoms with Gasteiger partial charge in [0.15, 0.2) is 0 Å². The number of carbonyl (C=O) groups is 1. The fourth-order valence-corrected chi connectivity index (χ4v) is 2.86. The summed E-state index contributed by atoms with van der Waals surface area (Å²) in [6.45, 7) is 3.97. The van der Waals surface area contributed by atoms with E-state index in [9.17, 15) is 4.79 Å². The lowest BCUT2D eigenvalue weighted by Gasteiger charge is -2.09. The second kappa shape index (κ2) is 8.49. The van der Waals surface area contributed by atoms with E-state index in [0.29, 0.717) is 28.2 Å². The van der Waals surface area contributed by atoms with Crippen molar-refractivity contribution in [3.05, 3.63) is 60.3 Å². The van der Waals surface area contributed by atoms with Gasteiger partial charge >= 0.3 is 0 Å². The molecule has 3 rings (SSSR count). The molecule has 134 valence electrons. The fraction of sp³-hybridized carbons (Fsp3) is 0.200. The van der Waals surface area contributed by atoms with Gasteiger partial charge in [0, 0.05) is 6.42 Å². The molecule has 0 saturated heterocycles. The molecule has 1 heterocycles. The van der Waals surface area contributed by atoms with E-state index in [0.717, 1.165) is 17.6 Å². The SMILES string of the molecule is CC(C)Oc1ccc(Oc2ncc(Oc3ccc(CC=O)cc3)s2)cc1. The molecule has 5 nitrogen and oxygen atoms in total. The van der Waals surface area contributed by atoms with Crippen LogP contribution in [-0.2, 0) is 11.2 Å². The van der Waals surface area contributed by atoms with E-state index in [2.05, 4.69) is 4.98 Å². The van der Waals surface area contributed by atoms with Crippen LogP contribution in [0.25, 0.3) is 0 Å². The average Bonchev–Trinajstić information content (AvgIpc) is 3.05. The maximum atomic E-state index is 10.5. The molecule has 0 aliphatic carbocycles. The zero-order valence-electron chi connectivity index (χ0n) is 14.5. The molecule has 6 heteroatoms. The highest BCUT2D eigenvalue weighted by Gasteiger charge is 2.07. The standard InChI is InChI=1S/C20H19NO4S/c1-14(2)23-16-7-9-18(10-8-16)25-20-21-13-19(26-20)24-17-5-3-15(4-6-17)11-12-22/h3-10,12-14H,11H2,1-2H3. The quantitative estimate of drug-likeness (QED) is 0.507. The molecule has 0 bridgehead atoms. The Labute approximate surface area is 156 Å². The second-order valence-electron chi connectivity index (χ2n) is 5.80. The number of hydrogen-bond donors (Lipinski definition) is 0. The Morgan fingerprint density at radius 2 is 1.58 bits per heavy atom. The number of ether oxygens (including phenoxy) is 3. The van der Waals surface area contributed by atoms with E-state index in [1.165, 1.54) is 11.3 Å². The first-order valence-corrected chi connectivity index (χ1v) is 9.05. The van der Waals surface area contributed by atoms with Gasteiger partial charge in [-0.15, -0.1) is 0 Å². The van der Waals surface area contributed by atoms with Crippen molar-refractivity contribution >= 4 is 17.6 Å². The summed E-state index contributed by atoms with van der Waals surface area (Å²) >= 11 is 1.31. The molecule has 0 amide bonds. The molecule has 0 N–H and O–H groups in total. The molecule has 1 aromatic heterocycles. The molecule has 0 spiro atoms. The van der Waals surface area contributed by atoms with Crippen LogP contribution in [0.4, 0.5) is 0 Å². The van der Waals surface area contributed by atoms with Crippen LogP contribution in [0.2, 0.25) is 0 Å². The predicted octanol–water partition coefficient (Wildman–Crippen LogP) is 5.26. The summed E-state index contributed by atoms with van der Waals surface area (Å²) in [6, 6.07) is 14.8. The number of carbonyl (C=O) groups excluding carboxylic acids is 1. The van der Waals surface area contributed by atoms with E-state index in [4.69, 9.17) is 14.2 Å². The smallest absolute Gasteiger partial charge is 0.282 e. The van der Waals surface area contributed by atoms with Gasteiger partial charge in [0.2, 0.25) is 5.06 Å². The molecule has 0 aliphatic rings. The zero-order valence-corrected chi connectivity index (χ0v) is 15.4. The lowest BCUT2D eigenvalue weighted by atomic mass is 10.2. The highest BCUT2D eigenvalue weighted by atomic mass is 32.1. The van der Waals surface area contributed by atoms with Crippen LogP contribution >= 0.6 is 11.3 Å². The fourth-order valence-electron chi connectivity index (χ4n) is 2.20. The van der Waals surface area contributed by atoms with E-state index >= 15 is 0 Å². The van der Waals surface area contributed by atoms with Crippen molar-refractivity contribution in [1.82, 2.24) is 4.98 Å². The summed E-state index contributed by atoms with van der Waals surface area (Å²) < 4.78 is 17.1. The predicted molar refractivity (Wildman–Crippen MR) is 101 cm³/mol. The van der Waals surface area contributed by atoms with Crippen LogP contribution in [0, 0.1) is 0 Å². The van der Waals surface area contributed by atoms with Crippen LogP contribution in [0.5, 0.6) is 27.5 Å². The first-order valence-electron chi connectivity index (χ1n) is 8.23. The largest absolute Gasteiger partial charge is 0.491 e. The first kappa shape index (κ1) is 17.9. The van der Waals surface area contributed by atoms with E-state index < -0.39 is 0 Å². The van der Waals surface area contributed by atoms with Crippen molar-refractivity contribution in [2.45, 2.75) is 26.4 Å². The molecule has 0 aliphatic heterocycles. The molecular weight excluding hydrogens is 350 g/mol. The Morgan fingerprint density at radius 1 is 0.962 bits per heavy atom. The molecule has 0 atom stereocenters. The summed E-state index contributed by atoms with van der Waals surface area (Å²) in [6.07, 6.45) is 3.03. The molecule has 0 unspecified atom stereocenters. The Morgan fingerprint density at radius 3 is 2.23 bits per heavy atom. The maximum Gasteiger partial charge on any atom is 0.282 e. The van der Waals surface area contributed by atoms with Gasteiger partial charge in [-0.3, -0.25) is 0 Å². The van der Waals surface area contributed by atoms with Gasteiger partial charge in [0.1, 0.15) is 23.5 Å². The molecular formula is C20H19NO4S. The van der Waals surface area contributed by atoms with Crippen LogP contribution in [-0.4, -0.2) is 17.4 Å². The van der Waals surface area contributed by atoms with Crippen molar-refractivity contribution in [3.8, 4) is 27.5 Å². The highest BCUT2D eigenvalue weighted by molar-refractivity contribution is 7.15. The van der Waals surface area contributed by atoms with E-state index in [-0.39, 0.29) is 6.10 Å². The van der Waals surface area contributed by atoms with Gasteiger partial charge < -0.3 is 19.0 Å². The van der Waals surface area contributed by atoms with Gasteiger partial charge in [-0.05, 0) is 67.1 Å². The molecule has 0 saturated carbocycles. The molecule has 0 fully saturated rings. The second-order valence-corrected chi connectivity index (χ2v) is 6.76. The number of aldehydes is 1. The van der Waals surface area contributed by atoms with Crippen LogP contribution in [0.3, 0.4) is 0 Å². The Kier molecular flexibility index (Phi) is 5.86. The summed E-state index contributed by atoms with van der Waals surface area (Å²) in [7, 11) is 0. The summed E-state index contributed by atoms with van der Waals surface area (Å²) in [5, 5.41) is 1.12. The van der Waals surface area contributed by atoms with Crippen molar-refractivity contribution in [2.75, 3.05) is 0 Å². The molecule has 26 heavy (non-hydrogen) atoms. The molecule has 3 aromatic rings. The van der Waals surface area contributed by atoms with Crippen LogP contribution in [0.1, 0.15) is 19.4 Å². The third-order valence-electron chi connectivity index (χ3n) is 3.32. The lowest BCUT2D eigenvalue weighted by Crippen LogP contribution is -2.05. The van der Waals surface area contributed by atoms with Gasteiger partial charge in [0.25, 0.3) is 5.19 Å². The number of nitrogens with zero attached hydrogens (tertiary/aromatic N) is 1. The van der Waals surface area contributed by atoms with E-state index in [1.54, 1.807) is 6.20 Å². The van der Waals surface area contributed by atoms with Crippen molar-refractivity contribution in [1.29, 1.82) is 0 Å². The topological polar surface area (TPSA) is 57.6 Å². The monoisotopic (exact) mass is 369 g/mol. The maximum absolute atomic E-state index is 10.5. The minimum atomic E-state index is 0.132. The van der Waals surface area contributed by atoms with Crippen LogP contribution < -0.4 is 14.2 Å². The van der Waals surface area contributed by atoms with Crippen molar-refractivity contribution < 1.29 is 19.0 Å². The third-order valence-corrected chi connectivity index (χ3v) is 4.08. The Balaban J connectivity index is 1.59. The molecule has 0 radical (unpaired) electrons. The molecule has 2 aromatic carbocycles. The number of rotatable bonds is 8. The van der Waals surface area contributed by atoms with Crippen LogP contribution in [0.15, 0.2) is 54.7 Å². The van der Waals surface area contributed by atoms with Gasteiger partial charge in [-0.2, -0.15) is 0 Å². The first-order chi connectivity index (χ1) is 12.6. The third kappa shape index (κ3) is 5.07. The minimum absolute atomic E-state index is 0.132. The van der Waals surface area contributed by atoms with Gasteiger partial charge in [-0.1, -0.05) is 12.1 Å². The van der Waals surface area contributed by atoms with Gasteiger partial charge in [0.05, 0.1) is 12.3 Å². The minimum Gasteiger partial charge on any atom is -0.491 e. The zero-order chi connectivity index (χ0) is 18.4. The average molecular weight is 369 g/mol. The number of benzene rings is 2. The number of aromatic nitrogens is 1. The summed E-state index contributed by atoms with van der Waals surface area (Å²) in [5.41, 5.74) is 0.950. The van der Waals surface area contributed by atoms with Crippen molar-refractivity contribution in [3.63, 3.8) is 0 Å². The lowest BCUT2D eigenvalue weighted by molar-refractivity contribution is -0.107. The number of thiazole rings is 1. The highest BCUT2D eigenvalue weighted by Crippen LogP contribution is 2.34. The summed E-state index contributed by atoms with van der Waals surface area (Å²) in [4.78, 5) is 14.7. The summed E-state index contributed by atoms with van der Waals surface area (Å²) in [5.74, 6) is 2.17. The normalized spacial score (nSPS) is 10.6. The Hall–Kier alpha value is -2.86. The van der Waals surface area contributed by atoms with Gasteiger partial charge in [-0.25, -0.2) is 4.98 Å². The number of hydrogen-bond acceptors (Lipinski definition) is 6. The van der Waals surface area contributed by atoms with Crippen molar-refractivity contribution in [2.24, 2.45) is 0 Å².